The van der Waals surface area contributed by atoms with Gasteiger partial charge in [-0.3, -0.25) is 0 Å². The highest BCUT2D eigenvalue weighted by Crippen LogP contribution is 2.39. The minimum atomic E-state index is -0.0242. The van der Waals surface area contributed by atoms with Crippen LogP contribution in [0, 0.1) is 0 Å². The largest absolute Gasteiger partial charge is 0.456 e. The van der Waals surface area contributed by atoms with Gasteiger partial charge in [0.2, 0.25) is 0 Å². The van der Waals surface area contributed by atoms with Crippen molar-refractivity contribution in [1.29, 1.82) is 0 Å². The van der Waals surface area contributed by atoms with E-state index in [-0.39, 0.29) is 6.04 Å². The molecule has 0 bridgehead atoms. The summed E-state index contributed by atoms with van der Waals surface area (Å²) in [4.78, 5) is 5.14. The van der Waals surface area contributed by atoms with E-state index in [9.17, 15) is 0 Å². The molecule has 1 aliphatic heterocycles. The molecular formula is C52H35N3O. The van der Waals surface area contributed by atoms with Gasteiger partial charge in [-0.15, -0.1) is 0 Å². The van der Waals surface area contributed by atoms with Gasteiger partial charge in [0.15, 0.2) is 0 Å². The summed E-state index contributed by atoms with van der Waals surface area (Å²) in [5, 5.41) is 8.29. The summed E-state index contributed by atoms with van der Waals surface area (Å²) in [6.07, 6.45) is 2.20. The van der Waals surface area contributed by atoms with Gasteiger partial charge in [-0.2, -0.15) is 0 Å². The molecule has 4 nitrogen and oxygen atoms in total. The first kappa shape index (κ1) is 32.0. The molecule has 264 valence electrons. The Hall–Kier alpha value is -7.43. The average Bonchev–Trinajstić information content (AvgIpc) is 3.81. The van der Waals surface area contributed by atoms with Crippen molar-refractivity contribution in [3.8, 4) is 27.9 Å². The zero-order valence-corrected chi connectivity index (χ0v) is 30.4. The molecule has 11 rings (SSSR count). The number of nitrogens with one attached hydrogen (secondary N) is 1. The highest BCUT2D eigenvalue weighted by molar-refractivity contribution is 6.13. The van der Waals surface area contributed by atoms with Crippen LogP contribution < -0.4 is 5.32 Å². The minimum absolute atomic E-state index is 0.0242. The Morgan fingerprint density at radius 3 is 1.54 bits per heavy atom. The number of aliphatic imine (C=N–C) groups is 1. The lowest BCUT2D eigenvalue weighted by molar-refractivity contribution is 0.668. The Kier molecular flexibility index (Phi) is 7.52. The predicted octanol–water partition coefficient (Wildman–Crippen LogP) is 13.1. The molecule has 0 fully saturated rings. The lowest BCUT2D eigenvalue weighted by Crippen LogP contribution is -2.31. The first-order valence-corrected chi connectivity index (χ1v) is 19.1. The fourth-order valence-electron chi connectivity index (χ4n) is 8.26. The first-order chi connectivity index (χ1) is 27.7. The molecule has 0 saturated heterocycles. The van der Waals surface area contributed by atoms with Crippen molar-refractivity contribution in [2.75, 3.05) is 0 Å². The first-order valence-electron chi connectivity index (χ1n) is 19.1. The summed E-state index contributed by atoms with van der Waals surface area (Å²) in [5.41, 5.74) is 14.0. The van der Waals surface area contributed by atoms with Crippen LogP contribution in [0.5, 0.6) is 0 Å². The number of hydrogen-bond donors (Lipinski definition) is 1. The Morgan fingerprint density at radius 2 is 0.929 bits per heavy atom. The molecule has 3 heterocycles. The number of fused-ring (bicyclic) bond motifs is 6. The van der Waals surface area contributed by atoms with Crippen LogP contribution in [0.25, 0.3) is 77.4 Å². The van der Waals surface area contributed by atoms with Gasteiger partial charge in [0.05, 0.1) is 22.8 Å². The third-order valence-electron chi connectivity index (χ3n) is 11.0. The van der Waals surface area contributed by atoms with Crippen molar-refractivity contribution in [2.45, 2.75) is 6.04 Å². The summed E-state index contributed by atoms with van der Waals surface area (Å²) < 4.78 is 9.14. The van der Waals surface area contributed by atoms with E-state index >= 15 is 0 Å². The van der Waals surface area contributed by atoms with E-state index in [1.807, 2.05) is 6.07 Å². The Labute approximate surface area is 324 Å². The van der Waals surface area contributed by atoms with E-state index < -0.39 is 0 Å². The topological polar surface area (TPSA) is 42.5 Å². The lowest BCUT2D eigenvalue weighted by Gasteiger charge is -2.24. The second kappa shape index (κ2) is 13.2. The third kappa shape index (κ3) is 5.50. The fraction of sp³-hybridized carbons (Fsp3) is 0.0192. The second-order valence-corrected chi connectivity index (χ2v) is 14.4. The zero-order chi connectivity index (χ0) is 37.0. The van der Waals surface area contributed by atoms with Crippen LogP contribution in [0.2, 0.25) is 0 Å². The molecular weight excluding hydrogens is 683 g/mol. The van der Waals surface area contributed by atoms with Gasteiger partial charge < -0.3 is 14.3 Å². The van der Waals surface area contributed by atoms with Crippen molar-refractivity contribution in [2.24, 2.45) is 4.99 Å². The molecule has 0 spiro atoms. The number of hydrogen-bond acceptors (Lipinski definition) is 3. The number of benzene rings is 8. The van der Waals surface area contributed by atoms with Crippen LogP contribution in [0.1, 0.15) is 22.7 Å². The van der Waals surface area contributed by atoms with Crippen LogP contribution in [-0.4, -0.2) is 10.4 Å². The minimum Gasteiger partial charge on any atom is -0.456 e. The molecule has 1 unspecified atom stereocenters. The van der Waals surface area contributed by atoms with Gasteiger partial charge in [0.25, 0.3) is 0 Å². The highest BCUT2D eigenvalue weighted by Gasteiger charge is 2.21. The molecule has 1 atom stereocenters. The number of rotatable bonds is 6. The quantitative estimate of drug-likeness (QED) is 0.186. The van der Waals surface area contributed by atoms with Crippen LogP contribution >= 0.6 is 0 Å². The zero-order valence-electron chi connectivity index (χ0n) is 30.4. The summed E-state index contributed by atoms with van der Waals surface area (Å²) in [6.45, 7) is 0. The van der Waals surface area contributed by atoms with E-state index in [0.29, 0.717) is 0 Å². The molecule has 4 heteroatoms. The molecule has 8 aromatic carbocycles. The molecule has 1 aliphatic rings. The molecule has 10 aromatic rings. The Bertz CT molecular complexity index is 3040. The number of nitrogens with zero attached hydrogens (tertiary/aromatic N) is 2. The van der Waals surface area contributed by atoms with Crippen LogP contribution in [0.4, 0.5) is 0 Å². The van der Waals surface area contributed by atoms with E-state index in [2.05, 4.69) is 204 Å². The fourth-order valence-corrected chi connectivity index (χ4v) is 8.26. The monoisotopic (exact) mass is 717 g/mol. The van der Waals surface area contributed by atoms with E-state index in [1.54, 1.807) is 0 Å². The highest BCUT2D eigenvalue weighted by atomic mass is 16.3. The standard InChI is InChI=1S/C52H35N3O/c1-5-13-34(14-6-1)38-21-25-42-43-26-22-39(35-15-7-2-8-16-35)30-49(43)55(48(42)29-38)41-24-28-45-44-27-23-40(31-50(44)56-51(45)32-41)52-53-46(36-17-9-3-10-18-36)33-47(54-52)37-19-11-4-12-20-37/h1-33,46H,(H,53,54). The molecule has 1 N–H and O–H groups in total. The maximum absolute atomic E-state index is 6.75. The van der Waals surface area contributed by atoms with Gasteiger partial charge in [-0.05, 0) is 75.9 Å². The molecule has 0 saturated carbocycles. The van der Waals surface area contributed by atoms with Crippen molar-refractivity contribution < 1.29 is 4.42 Å². The van der Waals surface area contributed by atoms with Gasteiger partial charge in [0, 0.05) is 38.9 Å². The van der Waals surface area contributed by atoms with Crippen LogP contribution in [-0.2, 0) is 0 Å². The van der Waals surface area contributed by atoms with E-state index in [0.717, 1.165) is 61.3 Å². The number of furan rings is 1. The van der Waals surface area contributed by atoms with Gasteiger partial charge >= 0.3 is 0 Å². The molecule has 2 aromatic heterocycles. The number of aromatic nitrogens is 1. The van der Waals surface area contributed by atoms with Crippen molar-refractivity contribution in [1.82, 2.24) is 9.88 Å². The van der Waals surface area contributed by atoms with Crippen molar-refractivity contribution in [3.63, 3.8) is 0 Å². The maximum atomic E-state index is 6.75. The van der Waals surface area contributed by atoms with E-state index in [4.69, 9.17) is 9.41 Å². The predicted molar refractivity (Wildman–Crippen MR) is 232 cm³/mol. The van der Waals surface area contributed by atoms with Gasteiger partial charge in [0.1, 0.15) is 17.0 Å². The molecule has 0 amide bonds. The molecule has 56 heavy (non-hydrogen) atoms. The van der Waals surface area contributed by atoms with Crippen LogP contribution in [0.15, 0.2) is 210 Å². The molecule has 0 radical (unpaired) electrons. The summed E-state index contributed by atoms with van der Waals surface area (Å²) in [7, 11) is 0. The molecule has 0 aliphatic carbocycles. The smallest absolute Gasteiger partial charge is 0.137 e. The Morgan fingerprint density at radius 1 is 0.429 bits per heavy atom. The van der Waals surface area contributed by atoms with Gasteiger partial charge in [-0.25, -0.2) is 4.99 Å². The summed E-state index contributed by atoms with van der Waals surface area (Å²) >= 11 is 0. The van der Waals surface area contributed by atoms with Gasteiger partial charge in [-0.1, -0.05) is 152 Å². The second-order valence-electron chi connectivity index (χ2n) is 14.4. The van der Waals surface area contributed by atoms with E-state index in [1.165, 1.54) is 38.6 Å². The summed E-state index contributed by atoms with van der Waals surface area (Å²) in [5.74, 6) is 0.817. The third-order valence-corrected chi connectivity index (χ3v) is 11.0. The van der Waals surface area contributed by atoms with Crippen molar-refractivity contribution in [3.05, 3.63) is 217 Å². The maximum Gasteiger partial charge on any atom is 0.137 e. The van der Waals surface area contributed by atoms with Crippen molar-refractivity contribution >= 4 is 55.3 Å². The average molecular weight is 718 g/mol. The SMILES string of the molecule is C1=C(c2ccccc2)N=C(c2ccc3c(c2)oc2cc(-n4c5cc(-c6ccccc6)ccc5c5ccc(-c6ccccc6)cc54)ccc23)NC1c1ccccc1. The van der Waals surface area contributed by atoms with Crippen LogP contribution in [0.3, 0.4) is 0 Å². The normalized spacial score (nSPS) is 14.2. The number of amidine groups is 1. The Balaban J connectivity index is 1.05. The summed E-state index contributed by atoms with van der Waals surface area (Å²) in [6, 6.07) is 68.8. The lowest BCUT2D eigenvalue weighted by atomic mass is 10.00.